The van der Waals surface area contributed by atoms with Crippen LogP contribution in [0.15, 0.2) is 65.1 Å². The highest BCUT2D eigenvalue weighted by molar-refractivity contribution is 7.99. The smallest absolute Gasteiger partial charge is 0.262 e. The summed E-state index contributed by atoms with van der Waals surface area (Å²) in [7, 11) is 0. The molecule has 26 heavy (non-hydrogen) atoms. The van der Waals surface area contributed by atoms with E-state index in [4.69, 9.17) is 27.9 Å². The molecular formula is C19H16Cl2N2O2S. The molecule has 1 heterocycles. The van der Waals surface area contributed by atoms with Crippen molar-refractivity contribution in [2.45, 2.75) is 11.7 Å². The summed E-state index contributed by atoms with van der Waals surface area (Å²) in [5.74, 6) is 1.26. The molecule has 4 nitrogen and oxygen atoms in total. The number of nitrogens with zero attached hydrogens (tertiary/aromatic N) is 2. The van der Waals surface area contributed by atoms with Crippen molar-refractivity contribution in [3.8, 4) is 5.75 Å². The lowest BCUT2D eigenvalue weighted by atomic mass is 10.2. The van der Waals surface area contributed by atoms with Gasteiger partial charge in [0.25, 0.3) is 5.56 Å². The van der Waals surface area contributed by atoms with Crippen molar-refractivity contribution in [3.63, 3.8) is 0 Å². The summed E-state index contributed by atoms with van der Waals surface area (Å²) in [6.07, 6.45) is 1.67. The topological polar surface area (TPSA) is 44.1 Å². The van der Waals surface area contributed by atoms with Crippen LogP contribution in [-0.2, 0) is 6.54 Å². The Morgan fingerprint density at radius 2 is 2.04 bits per heavy atom. The first kappa shape index (κ1) is 18.8. The number of hydrogen-bond acceptors (Lipinski definition) is 4. The molecule has 3 aromatic rings. The van der Waals surface area contributed by atoms with Crippen LogP contribution >= 0.6 is 35.0 Å². The maximum absolute atomic E-state index is 12.7. The van der Waals surface area contributed by atoms with Crippen LogP contribution in [0.5, 0.6) is 5.75 Å². The number of aromatic nitrogens is 2. The molecule has 0 atom stereocenters. The average molecular weight is 407 g/mol. The first-order valence-corrected chi connectivity index (χ1v) is 9.65. The minimum atomic E-state index is -0.132. The molecule has 0 N–H and O–H groups in total. The standard InChI is InChI=1S/C19H16Cl2N2O2S/c1-2-9-23-18(24)14-12-13(20)7-8-16(14)22-19(23)26-11-10-25-17-6-4-3-5-15(17)21/h2-8,12H,1,9-11H2. The van der Waals surface area contributed by atoms with Gasteiger partial charge in [-0.3, -0.25) is 9.36 Å². The fraction of sp³-hybridized carbons (Fsp3) is 0.158. The molecule has 2 aromatic carbocycles. The van der Waals surface area contributed by atoms with Crippen LogP contribution in [0.2, 0.25) is 10.0 Å². The minimum absolute atomic E-state index is 0.132. The number of hydrogen-bond donors (Lipinski definition) is 0. The van der Waals surface area contributed by atoms with Crippen LogP contribution in [0.25, 0.3) is 10.9 Å². The SMILES string of the molecule is C=CCn1c(SCCOc2ccccc2Cl)nc2ccc(Cl)cc2c1=O. The molecule has 0 fully saturated rings. The molecule has 0 radical (unpaired) electrons. The van der Waals surface area contributed by atoms with E-state index in [0.717, 1.165) is 0 Å². The van der Waals surface area contributed by atoms with E-state index in [1.54, 1.807) is 34.9 Å². The number of allylic oxidation sites excluding steroid dienone is 1. The third-order valence-electron chi connectivity index (χ3n) is 3.60. The second kappa shape index (κ2) is 8.62. The number of rotatable bonds is 7. The number of thioether (sulfide) groups is 1. The van der Waals surface area contributed by atoms with Crippen LogP contribution in [0.1, 0.15) is 0 Å². The molecule has 7 heteroatoms. The fourth-order valence-electron chi connectivity index (χ4n) is 2.42. The van der Waals surface area contributed by atoms with Crippen molar-refractivity contribution < 1.29 is 4.74 Å². The van der Waals surface area contributed by atoms with Crippen LogP contribution in [0.3, 0.4) is 0 Å². The number of halogens is 2. The second-order valence-corrected chi connectivity index (χ2v) is 7.29. The third kappa shape index (κ3) is 4.23. The molecule has 0 aliphatic rings. The highest BCUT2D eigenvalue weighted by Gasteiger charge is 2.11. The Bertz CT molecular complexity index is 1000. The van der Waals surface area contributed by atoms with Crippen molar-refractivity contribution in [2.24, 2.45) is 0 Å². The van der Waals surface area contributed by atoms with Crippen molar-refractivity contribution in [1.82, 2.24) is 9.55 Å². The maximum atomic E-state index is 12.7. The van der Waals surface area contributed by atoms with Gasteiger partial charge in [-0.1, -0.05) is 53.2 Å². The molecule has 0 aliphatic heterocycles. The van der Waals surface area contributed by atoms with Crippen molar-refractivity contribution >= 4 is 45.9 Å². The van der Waals surface area contributed by atoms with E-state index in [1.165, 1.54) is 11.8 Å². The lowest BCUT2D eigenvalue weighted by molar-refractivity contribution is 0.344. The van der Waals surface area contributed by atoms with Gasteiger partial charge in [-0.05, 0) is 30.3 Å². The Hall–Kier alpha value is -1.95. The van der Waals surface area contributed by atoms with Gasteiger partial charge in [-0.25, -0.2) is 4.98 Å². The summed E-state index contributed by atoms with van der Waals surface area (Å²) < 4.78 is 7.28. The van der Waals surface area contributed by atoms with Gasteiger partial charge >= 0.3 is 0 Å². The van der Waals surface area contributed by atoms with E-state index in [0.29, 0.717) is 50.8 Å². The van der Waals surface area contributed by atoms with Crippen LogP contribution in [0, 0.1) is 0 Å². The molecule has 0 amide bonds. The molecule has 0 saturated carbocycles. The van der Waals surface area contributed by atoms with Gasteiger partial charge in [-0.2, -0.15) is 0 Å². The van der Waals surface area contributed by atoms with Gasteiger partial charge in [0, 0.05) is 17.3 Å². The van der Waals surface area contributed by atoms with Gasteiger partial charge in [0.15, 0.2) is 5.16 Å². The van der Waals surface area contributed by atoms with Gasteiger partial charge in [0.05, 0.1) is 22.5 Å². The summed E-state index contributed by atoms with van der Waals surface area (Å²) in [5.41, 5.74) is 0.487. The molecule has 0 spiro atoms. The molecule has 134 valence electrons. The summed E-state index contributed by atoms with van der Waals surface area (Å²) >= 11 is 13.5. The highest BCUT2D eigenvalue weighted by Crippen LogP contribution is 2.24. The highest BCUT2D eigenvalue weighted by atomic mass is 35.5. The van der Waals surface area contributed by atoms with Crippen molar-refractivity contribution in [3.05, 3.63) is 75.5 Å². The number of fused-ring (bicyclic) bond motifs is 1. The van der Waals surface area contributed by atoms with Gasteiger partial charge in [0.2, 0.25) is 0 Å². The lowest BCUT2D eigenvalue weighted by Gasteiger charge is -2.12. The summed E-state index contributed by atoms with van der Waals surface area (Å²) in [5, 5.41) is 2.19. The Balaban J connectivity index is 1.79. The summed E-state index contributed by atoms with van der Waals surface area (Å²) in [6.45, 7) is 4.54. The first-order valence-electron chi connectivity index (χ1n) is 7.91. The van der Waals surface area contributed by atoms with E-state index in [2.05, 4.69) is 11.6 Å². The fourth-order valence-corrected chi connectivity index (χ4v) is 3.61. The monoisotopic (exact) mass is 406 g/mol. The largest absolute Gasteiger partial charge is 0.491 e. The van der Waals surface area contributed by atoms with Crippen molar-refractivity contribution in [2.75, 3.05) is 12.4 Å². The minimum Gasteiger partial charge on any atom is -0.491 e. The third-order valence-corrected chi connectivity index (χ3v) is 5.09. The Morgan fingerprint density at radius 3 is 2.81 bits per heavy atom. The van der Waals surface area contributed by atoms with Gasteiger partial charge in [0.1, 0.15) is 5.75 Å². The zero-order chi connectivity index (χ0) is 18.5. The normalized spacial score (nSPS) is 10.8. The van der Waals surface area contributed by atoms with Crippen LogP contribution in [0.4, 0.5) is 0 Å². The first-order chi connectivity index (χ1) is 12.6. The van der Waals surface area contributed by atoms with E-state index < -0.39 is 0 Å². The lowest BCUT2D eigenvalue weighted by Crippen LogP contribution is -2.23. The molecule has 0 aliphatic carbocycles. The maximum Gasteiger partial charge on any atom is 0.262 e. The molecule has 3 rings (SSSR count). The Kier molecular flexibility index (Phi) is 6.25. The zero-order valence-corrected chi connectivity index (χ0v) is 16.2. The van der Waals surface area contributed by atoms with Crippen molar-refractivity contribution in [1.29, 1.82) is 0 Å². The molecule has 0 unspecified atom stereocenters. The number of ether oxygens (including phenoxy) is 1. The average Bonchev–Trinajstić information content (AvgIpc) is 2.63. The molecule has 0 saturated heterocycles. The molecular weight excluding hydrogens is 391 g/mol. The number of benzene rings is 2. The van der Waals surface area contributed by atoms with E-state index in [1.807, 2.05) is 18.2 Å². The molecule has 1 aromatic heterocycles. The number of para-hydroxylation sites is 1. The summed E-state index contributed by atoms with van der Waals surface area (Å²) in [6, 6.07) is 12.4. The van der Waals surface area contributed by atoms with Crippen LogP contribution < -0.4 is 10.3 Å². The van der Waals surface area contributed by atoms with Gasteiger partial charge < -0.3 is 4.74 Å². The van der Waals surface area contributed by atoms with Gasteiger partial charge in [-0.15, -0.1) is 6.58 Å². The van der Waals surface area contributed by atoms with E-state index >= 15 is 0 Å². The Morgan fingerprint density at radius 1 is 1.23 bits per heavy atom. The molecule has 0 bridgehead atoms. The van der Waals surface area contributed by atoms with E-state index in [9.17, 15) is 4.79 Å². The summed E-state index contributed by atoms with van der Waals surface area (Å²) in [4.78, 5) is 17.3. The van der Waals surface area contributed by atoms with Crippen LogP contribution in [-0.4, -0.2) is 21.9 Å². The quantitative estimate of drug-likeness (QED) is 0.238. The second-order valence-electron chi connectivity index (χ2n) is 5.39. The Labute approximate surface area is 165 Å². The predicted molar refractivity (Wildman–Crippen MR) is 109 cm³/mol. The van der Waals surface area contributed by atoms with E-state index in [-0.39, 0.29) is 5.56 Å². The zero-order valence-electron chi connectivity index (χ0n) is 13.8. The predicted octanol–water partition coefficient (Wildman–Crippen LogP) is 5.06.